The Morgan fingerprint density at radius 1 is 1.47 bits per heavy atom. The lowest BCUT2D eigenvalue weighted by molar-refractivity contribution is 0.542. The second-order valence-electron chi connectivity index (χ2n) is 3.69. The quantitative estimate of drug-likeness (QED) is 0.861. The zero-order valence-corrected chi connectivity index (χ0v) is 12.0. The standard InChI is InChI=1S/C9H9BrFN5O2S/c1-5(9-12-15-16-13-9)14-19(17,18)8-3-2-6(10)4-7(8)11/h2-5,14H,1H3,(H,12,13,15,16). The smallest absolute Gasteiger partial charge is 0.207 e. The molecule has 0 saturated carbocycles. The predicted molar refractivity (Wildman–Crippen MR) is 67.0 cm³/mol. The van der Waals surface area contributed by atoms with Crippen LogP contribution in [-0.2, 0) is 10.0 Å². The van der Waals surface area contributed by atoms with Gasteiger partial charge in [0.15, 0.2) is 5.82 Å². The van der Waals surface area contributed by atoms with E-state index in [4.69, 9.17) is 0 Å². The van der Waals surface area contributed by atoms with Gasteiger partial charge in [-0.25, -0.2) is 17.5 Å². The Hall–Kier alpha value is -1.39. The Bertz CT molecular complexity index is 676. The minimum atomic E-state index is -4.00. The van der Waals surface area contributed by atoms with E-state index in [1.165, 1.54) is 19.1 Å². The number of aromatic nitrogens is 4. The SMILES string of the molecule is CC(NS(=O)(=O)c1ccc(Br)cc1F)c1nn[nH]n1. The summed E-state index contributed by atoms with van der Waals surface area (Å²) in [7, 11) is -4.00. The van der Waals surface area contributed by atoms with Gasteiger partial charge in [-0.1, -0.05) is 21.1 Å². The van der Waals surface area contributed by atoms with Crippen molar-refractivity contribution in [1.82, 2.24) is 25.3 Å². The second kappa shape index (κ2) is 5.31. The summed E-state index contributed by atoms with van der Waals surface area (Å²) in [6.45, 7) is 1.53. The Balaban J connectivity index is 2.28. The van der Waals surface area contributed by atoms with Gasteiger partial charge in [0.25, 0.3) is 0 Å². The minimum absolute atomic E-state index is 0.168. The van der Waals surface area contributed by atoms with Gasteiger partial charge in [0, 0.05) is 4.47 Å². The number of aromatic amines is 1. The lowest BCUT2D eigenvalue weighted by Gasteiger charge is -2.11. The first kappa shape index (κ1) is 14.0. The molecule has 0 aliphatic rings. The molecule has 1 heterocycles. The van der Waals surface area contributed by atoms with Crippen LogP contribution >= 0.6 is 15.9 Å². The molecule has 19 heavy (non-hydrogen) atoms. The first-order valence-corrected chi connectivity index (χ1v) is 7.38. The molecule has 0 amide bonds. The third-order valence-corrected chi connectivity index (χ3v) is 4.33. The zero-order chi connectivity index (χ0) is 14.0. The summed E-state index contributed by atoms with van der Waals surface area (Å²) in [4.78, 5) is -0.439. The highest BCUT2D eigenvalue weighted by molar-refractivity contribution is 9.10. The normalized spacial score (nSPS) is 13.4. The number of H-pyrrole nitrogens is 1. The highest BCUT2D eigenvalue weighted by Crippen LogP contribution is 2.20. The summed E-state index contributed by atoms with van der Waals surface area (Å²) in [6.07, 6.45) is 0. The number of hydrogen-bond donors (Lipinski definition) is 2. The van der Waals surface area contributed by atoms with E-state index in [1.807, 2.05) is 0 Å². The summed E-state index contributed by atoms with van der Waals surface area (Å²) in [6, 6.07) is 2.96. The third kappa shape index (κ3) is 3.14. The molecule has 10 heteroatoms. The van der Waals surface area contributed by atoms with E-state index in [0.29, 0.717) is 4.47 Å². The molecule has 1 atom stereocenters. The van der Waals surface area contributed by atoms with E-state index in [1.54, 1.807) is 0 Å². The fourth-order valence-corrected chi connectivity index (χ4v) is 2.99. The van der Waals surface area contributed by atoms with Crippen LogP contribution in [0.3, 0.4) is 0 Å². The van der Waals surface area contributed by atoms with E-state index in [0.717, 1.165) is 6.07 Å². The van der Waals surface area contributed by atoms with Crippen molar-refractivity contribution >= 4 is 26.0 Å². The molecule has 2 aromatic rings. The van der Waals surface area contributed by atoms with Crippen molar-refractivity contribution in [3.05, 3.63) is 34.3 Å². The van der Waals surface area contributed by atoms with Crippen molar-refractivity contribution in [2.45, 2.75) is 17.9 Å². The van der Waals surface area contributed by atoms with Crippen LogP contribution in [0.1, 0.15) is 18.8 Å². The Kier molecular flexibility index (Phi) is 3.92. The minimum Gasteiger partial charge on any atom is -0.207 e. The molecule has 0 bridgehead atoms. The van der Waals surface area contributed by atoms with Crippen LogP contribution in [0.4, 0.5) is 4.39 Å². The van der Waals surface area contributed by atoms with E-state index in [9.17, 15) is 12.8 Å². The number of halogens is 2. The summed E-state index contributed by atoms with van der Waals surface area (Å²) >= 11 is 3.06. The van der Waals surface area contributed by atoms with Crippen LogP contribution in [0.25, 0.3) is 0 Å². The summed E-state index contributed by atoms with van der Waals surface area (Å²) < 4.78 is 40.4. The van der Waals surface area contributed by atoms with Gasteiger partial charge < -0.3 is 0 Å². The average molecular weight is 350 g/mol. The lowest BCUT2D eigenvalue weighted by atomic mass is 10.3. The maximum Gasteiger partial charge on any atom is 0.244 e. The molecule has 0 aliphatic carbocycles. The number of hydrogen-bond acceptors (Lipinski definition) is 5. The van der Waals surface area contributed by atoms with Crippen LogP contribution in [0.2, 0.25) is 0 Å². The lowest BCUT2D eigenvalue weighted by Crippen LogP contribution is -2.28. The van der Waals surface area contributed by atoms with Gasteiger partial charge in [0.2, 0.25) is 10.0 Å². The molecule has 0 fully saturated rings. The predicted octanol–water partition coefficient (Wildman–Crippen LogP) is 1.14. The Morgan fingerprint density at radius 2 is 2.21 bits per heavy atom. The van der Waals surface area contributed by atoms with Crippen LogP contribution in [0.15, 0.2) is 27.6 Å². The van der Waals surface area contributed by atoms with Crippen molar-refractivity contribution < 1.29 is 12.8 Å². The van der Waals surface area contributed by atoms with Gasteiger partial charge in [-0.2, -0.15) is 5.21 Å². The van der Waals surface area contributed by atoms with Crippen molar-refractivity contribution in [3.8, 4) is 0 Å². The molecular formula is C9H9BrFN5O2S. The van der Waals surface area contributed by atoms with E-state index in [-0.39, 0.29) is 5.82 Å². The molecule has 1 unspecified atom stereocenters. The Morgan fingerprint density at radius 3 is 2.79 bits per heavy atom. The van der Waals surface area contributed by atoms with E-state index in [2.05, 4.69) is 41.3 Å². The Labute approximate surface area is 116 Å². The number of rotatable bonds is 4. The highest BCUT2D eigenvalue weighted by atomic mass is 79.9. The summed E-state index contributed by atoms with van der Waals surface area (Å²) in [5.41, 5.74) is 0. The molecular weight excluding hydrogens is 341 g/mol. The number of sulfonamides is 1. The number of benzene rings is 1. The topological polar surface area (TPSA) is 101 Å². The first-order valence-electron chi connectivity index (χ1n) is 5.11. The van der Waals surface area contributed by atoms with Crippen LogP contribution in [0, 0.1) is 5.82 Å². The van der Waals surface area contributed by atoms with Crippen LogP contribution < -0.4 is 4.72 Å². The number of tetrazole rings is 1. The van der Waals surface area contributed by atoms with Crippen LogP contribution in [-0.4, -0.2) is 29.0 Å². The van der Waals surface area contributed by atoms with Crippen molar-refractivity contribution in [1.29, 1.82) is 0 Å². The fraction of sp³-hybridized carbons (Fsp3) is 0.222. The maximum atomic E-state index is 13.6. The van der Waals surface area contributed by atoms with Gasteiger partial charge in [0.1, 0.15) is 10.7 Å². The number of nitrogens with zero attached hydrogens (tertiary/aromatic N) is 3. The molecule has 0 aliphatic heterocycles. The number of nitrogens with one attached hydrogen (secondary N) is 2. The monoisotopic (exact) mass is 349 g/mol. The van der Waals surface area contributed by atoms with Gasteiger partial charge in [-0.05, 0) is 25.1 Å². The molecule has 0 spiro atoms. The van der Waals surface area contributed by atoms with Gasteiger partial charge >= 0.3 is 0 Å². The van der Waals surface area contributed by atoms with Crippen molar-refractivity contribution in [3.63, 3.8) is 0 Å². The van der Waals surface area contributed by atoms with E-state index < -0.39 is 26.8 Å². The molecule has 0 saturated heterocycles. The van der Waals surface area contributed by atoms with Crippen molar-refractivity contribution in [2.75, 3.05) is 0 Å². The largest absolute Gasteiger partial charge is 0.244 e. The van der Waals surface area contributed by atoms with Gasteiger partial charge in [-0.3, -0.25) is 0 Å². The first-order chi connectivity index (χ1) is 8.90. The molecule has 0 radical (unpaired) electrons. The molecule has 2 rings (SSSR count). The molecule has 1 aromatic heterocycles. The van der Waals surface area contributed by atoms with Crippen LogP contribution in [0.5, 0.6) is 0 Å². The molecule has 7 nitrogen and oxygen atoms in total. The summed E-state index contributed by atoms with van der Waals surface area (Å²) in [5, 5.41) is 12.8. The second-order valence-corrected chi connectivity index (χ2v) is 6.29. The summed E-state index contributed by atoms with van der Waals surface area (Å²) in [5.74, 6) is -0.678. The van der Waals surface area contributed by atoms with Gasteiger partial charge in [0.05, 0.1) is 6.04 Å². The molecule has 2 N–H and O–H groups in total. The zero-order valence-electron chi connectivity index (χ0n) is 9.63. The molecule has 1 aromatic carbocycles. The van der Waals surface area contributed by atoms with Gasteiger partial charge in [-0.15, -0.1) is 10.2 Å². The maximum absolute atomic E-state index is 13.6. The van der Waals surface area contributed by atoms with Crippen molar-refractivity contribution in [2.24, 2.45) is 0 Å². The highest BCUT2D eigenvalue weighted by Gasteiger charge is 2.23. The third-order valence-electron chi connectivity index (χ3n) is 2.26. The molecule has 102 valence electrons. The van der Waals surface area contributed by atoms with E-state index >= 15 is 0 Å². The average Bonchev–Trinajstić information content (AvgIpc) is 2.80. The fourth-order valence-electron chi connectivity index (χ4n) is 1.40.